The molecule has 4 aromatic rings. The number of aryl methyl sites for hydroxylation is 1. The molecule has 0 atom stereocenters. The van der Waals surface area contributed by atoms with E-state index in [2.05, 4.69) is 45.4 Å². The van der Waals surface area contributed by atoms with Crippen molar-refractivity contribution in [2.75, 3.05) is 11.9 Å². The van der Waals surface area contributed by atoms with Gasteiger partial charge in [0.2, 0.25) is 5.95 Å². The van der Waals surface area contributed by atoms with Gasteiger partial charge in [-0.15, -0.1) is 11.3 Å². The number of anilines is 1. The molecule has 7 heteroatoms. The number of imidazole rings is 1. The van der Waals surface area contributed by atoms with Crippen molar-refractivity contribution >= 4 is 28.4 Å². The van der Waals surface area contributed by atoms with Gasteiger partial charge in [0.1, 0.15) is 11.3 Å². The molecule has 6 nitrogen and oxygen atoms in total. The fourth-order valence-corrected chi connectivity index (χ4v) is 3.85. The molecule has 0 saturated carbocycles. The van der Waals surface area contributed by atoms with Gasteiger partial charge in [0, 0.05) is 23.5 Å². The summed E-state index contributed by atoms with van der Waals surface area (Å²) in [6.07, 6.45) is 3.67. The van der Waals surface area contributed by atoms with Gasteiger partial charge in [0.25, 0.3) is 0 Å². The van der Waals surface area contributed by atoms with Gasteiger partial charge in [-0.25, -0.2) is 9.97 Å². The maximum atomic E-state index is 9.20. The normalized spacial score (nSPS) is 10.9. The van der Waals surface area contributed by atoms with E-state index in [9.17, 15) is 5.26 Å². The van der Waals surface area contributed by atoms with Crippen LogP contribution in [0.15, 0.2) is 48.0 Å². The summed E-state index contributed by atoms with van der Waals surface area (Å²) < 4.78 is 2.11. The Labute approximate surface area is 167 Å². The second-order valence-corrected chi connectivity index (χ2v) is 7.47. The Bertz CT molecular complexity index is 1120. The van der Waals surface area contributed by atoms with Crippen molar-refractivity contribution in [3.8, 4) is 17.5 Å². The Hall–Kier alpha value is -3.24. The van der Waals surface area contributed by atoms with Crippen molar-refractivity contribution in [1.82, 2.24) is 19.5 Å². The molecule has 0 bridgehead atoms. The number of aromatic nitrogens is 4. The first-order valence-corrected chi connectivity index (χ1v) is 10.2. The van der Waals surface area contributed by atoms with Crippen molar-refractivity contribution in [3.05, 3.63) is 58.4 Å². The summed E-state index contributed by atoms with van der Waals surface area (Å²) in [5, 5.41) is 14.6. The molecule has 0 aliphatic carbocycles. The number of nitriles is 1. The Morgan fingerprint density at radius 3 is 2.93 bits per heavy atom. The number of benzene rings is 1. The highest BCUT2D eigenvalue weighted by atomic mass is 32.1. The number of fused-ring (bicyclic) bond motifs is 1. The van der Waals surface area contributed by atoms with E-state index in [1.807, 2.05) is 18.2 Å². The molecule has 0 amide bonds. The van der Waals surface area contributed by atoms with E-state index < -0.39 is 0 Å². The topological polar surface area (TPSA) is 79.4 Å². The number of rotatable bonds is 7. The third kappa shape index (κ3) is 3.73. The fraction of sp³-hybridized carbons (Fsp3) is 0.238. The molecule has 0 aliphatic heterocycles. The van der Waals surface area contributed by atoms with Crippen LogP contribution in [-0.4, -0.2) is 26.1 Å². The standard InChI is InChI=1S/C21H20N6S/c1-2-10-27-19(16-6-3-5-15(12-16)13-22)25-18-14-24-21(26-20(18)27)23-9-8-17-7-4-11-28-17/h3-7,11-12,14H,2,8-10H2,1H3,(H,23,24,26). The second kappa shape index (κ2) is 8.19. The summed E-state index contributed by atoms with van der Waals surface area (Å²) >= 11 is 1.76. The van der Waals surface area contributed by atoms with Crippen LogP contribution in [0.4, 0.5) is 5.95 Å². The monoisotopic (exact) mass is 388 g/mol. The van der Waals surface area contributed by atoms with Crippen molar-refractivity contribution in [2.24, 2.45) is 0 Å². The molecule has 140 valence electrons. The summed E-state index contributed by atoms with van der Waals surface area (Å²) in [6.45, 7) is 3.71. The van der Waals surface area contributed by atoms with Gasteiger partial charge >= 0.3 is 0 Å². The van der Waals surface area contributed by atoms with E-state index in [1.165, 1.54) is 4.88 Å². The van der Waals surface area contributed by atoms with Gasteiger partial charge in [-0.2, -0.15) is 10.2 Å². The van der Waals surface area contributed by atoms with Crippen LogP contribution in [-0.2, 0) is 13.0 Å². The van der Waals surface area contributed by atoms with Crippen LogP contribution in [0.5, 0.6) is 0 Å². The van der Waals surface area contributed by atoms with Crippen LogP contribution in [0, 0.1) is 11.3 Å². The van der Waals surface area contributed by atoms with Crippen LogP contribution < -0.4 is 5.32 Å². The minimum absolute atomic E-state index is 0.610. The van der Waals surface area contributed by atoms with E-state index in [0.29, 0.717) is 11.5 Å². The van der Waals surface area contributed by atoms with Gasteiger partial charge in [0.15, 0.2) is 5.65 Å². The lowest BCUT2D eigenvalue weighted by atomic mass is 10.1. The molecule has 0 saturated heterocycles. The maximum Gasteiger partial charge on any atom is 0.224 e. The Morgan fingerprint density at radius 2 is 2.14 bits per heavy atom. The van der Waals surface area contributed by atoms with Crippen LogP contribution >= 0.6 is 11.3 Å². The summed E-state index contributed by atoms with van der Waals surface area (Å²) in [4.78, 5) is 15.2. The molecule has 3 heterocycles. The lowest BCUT2D eigenvalue weighted by molar-refractivity contribution is 0.698. The Balaban J connectivity index is 1.65. The Morgan fingerprint density at radius 1 is 1.21 bits per heavy atom. The largest absolute Gasteiger partial charge is 0.354 e. The SMILES string of the molecule is CCCn1c(-c2cccc(C#N)c2)nc2cnc(NCCc3cccs3)nc21. The maximum absolute atomic E-state index is 9.20. The molecule has 28 heavy (non-hydrogen) atoms. The first-order chi connectivity index (χ1) is 13.8. The van der Waals surface area contributed by atoms with E-state index >= 15 is 0 Å². The average molecular weight is 389 g/mol. The lowest BCUT2D eigenvalue weighted by Crippen LogP contribution is -2.08. The molecular weight excluding hydrogens is 368 g/mol. The van der Waals surface area contributed by atoms with Crippen molar-refractivity contribution < 1.29 is 0 Å². The van der Waals surface area contributed by atoms with E-state index in [1.54, 1.807) is 23.6 Å². The zero-order valence-electron chi connectivity index (χ0n) is 15.6. The number of hydrogen-bond donors (Lipinski definition) is 1. The molecule has 0 fully saturated rings. The molecule has 1 N–H and O–H groups in total. The molecule has 0 aliphatic rings. The Kier molecular flexibility index (Phi) is 5.31. The van der Waals surface area contributed by atoms with Crippen molar-refractivity contribution in [1.29, 1.82) is 5.26 Å². The van der Waals surface area contributed by atoms with Crippen molar-refractivity contribution in [2.45, 2.75) is 26.3 Å². The third-order valence-corrected chi connectivity index (χ3v) is 5.36. The zero-order valence-corrected chi connectivity index (χ0v) is 16.4. The summed E-state index contributed by atoms with van der Waals surface area (Å²) in [6, 6.07) is 13.9. The van der Waals surface area contributed by atoms with E-state index in [4.69, 9.17) is 9.97 Å². The first kappa shape index (κ1) is 18.1. The molecule has 0 spiro atoms. The molecule has 0 unspecified atom stereocenters. The van der Waals surface area contributed by atoms with Crippen LogP contribution in [0.2, 0.25) is 0 Å². The minimum Gasteiger partial charge on any atom is -0.354 e. The lowest BCUT2D eigenvalue weighted by Gasteiger charge is -2.08. The van der Waals surface area contributed by atoms with Gasteiger partial charge in [-0.05, 0) is 36.4 Å². The van der Waals surface area contributed by atoms with Crippen LogP contribution in [0.3, 0.4) is 0 Å². The van der Waals surface area contributed by atoms with Crippen LogP contribution in [0.1, 0.15) is 23.8 Å². The predicted molar refractivity (Wildman–Crippen MR) is 112 cm³/mol. The average Bonchev–Trinajstić information content (AvgIpc) is 3.37. The second-order valence-electron chi connectivity index (χ2n) is 6.44. The number of thiophene rings is 1. The third-order valence-electron chi connectivity index (χ3n) is 4.42. The quantitative estimate of drug-likeness (QED) is 0.504. The molecule has 4 rings (SSSR count). The van der Waals surface area contributed by atoms with Gasteiger partial charge in [0.05, 0.1) is 17.8 Å². The zero-order chi connectivity index (χ0) is 19.3. The van der Waals surface area contributed by atoms with Gasteiger partial charge < -0.3 is 9.88 Å². The highest BCUT2D eigenvalue weighted by Gasteiger charge is 2.15. The highest BCUT2D eigenvalue weighted by Crippen LogP contribution is 2.25. The molecule has 3 aromatic heterocycles. The van der Waals surface area contributed by atoms with Crippen molar-refractivity contribution in [3.63, 3.8) is 0 Å². The first-order valence-electron chi connectivity index (χ1n) is 9.28. The molecule has 1 aromatic carbocycles. The number of hydrogen-bond acceptors (Lipinski definition) is 6. The predicted octanol–water partition coefficient (Wildman–Crippen LogP) is 4.49. The summed E-state index contributed by atoms with van der Waals surface area (Å²) in [7, 11) is 0. The highest BCUT2D eigenvalue weighted by molar-refractivity contribution is 7.09. The van der Waals surface area contributed by atoms with Crippen LogP contribution in [0.25, 0.3) is 22.6 Å². The summed E-state index contributed by atoms with van der Waals surface area (Å²) in [5.74, 6) is 1.43. The van der Waals surface area contributed by atoms with E-state index in [-0.39, 0.29) is 0 Å². The summed E-state index contributed by atoms with van der Waals surface area (Å²) in [5.41, 5.74) is 3.11. The van der Waals surface area contributed by atoms with Gasteiger partial charge in [-0.1, -0.05) is 25.1 Å². The van der Waals surface area contributed by atoms with Gasteiger partial charge in [-0.3, -0.25) is 0 Å². The fourth-order valence-electron chi connectivity index (χ4n) is 3.14. The minimum atomic E-state index is 0.610. The molecule has 0 radical (unpaired) electrons. The number of nitrogens with zero attached hydrogens (tertiary/aromatic N) is 5. The smallest absolute Gasteiger partial charge is 0.224 e. The van der Waals surface area contributed by atoms with E-state index in [0.717, 1.165) is 48.5 Å². The number of nitrogens with one attached hydrogen (secondary N) is 1. The molecular formula is C21H20N6S.